The van der Waals surface area contributed by atoms with Gasteiger partial charge in [-0.25, -0.2) is 0 Å². The minimum absolute atomic E-state index is 0. The summed E-state index contributed by atoms with van der Waals surface area (Å²) in [5.74, 6) is 1.38. The Balaban J connectivity index is -0.0000000443. The molecule has 0 nitrogen and oxygen atoms in total. The van der Waals surface area contributed by atoms with Crippen LogP contribution in [0.4, 0.5) is 21.6 Å². The molecule has 0 unspecified atom stereocenters. The normalized spacial score (nSPS) is 16.8. The SMILES string of the molecule is C1CCCC1.C1CCCC1.CC1CCCC1.FB(F)CC1CCCC1.FB(F)F.[CH3-].[CH3-].[CH3-].[CH3-].[F-].[Fe+2].[Fe+2]. The number of hydrogen-bond donors (Lipinski definition) is 0. The van der Waals surface area contributed by atoms with Crippen LogP contribution in [0.25, 0.3) is 0 Å². The Morgan fingerprint density at radius 2 is 0.722 bits per heavy atom. The first-order valence-electron chi connectivity index (χ1n) is 12.1. The van der Waals surface area contributed by atoms with E-state index in [0.717, 1.165) is 31.6 Å². The second-order valence-electron chi connectivity index (χ2n) is 8.95. The molecule has 10 heteroatoms. The fraction of sp³-hybridized carbons (Fsp3) is 0.846. The van der Waals surface area contributed by atoms with Gasteiger partial charge in [0.05, 0.1) is 0 Å². The van der Waals surface area contributed by atoms with Crippen molar-refractivity contribution < 1.29 is 60.4 Å². The van der Waals surface area contributed by atoms with Gasteiger partial charge in [0.25, 0.3) is 0 Å². The molecule has 4 saturated carbocycles. The number of hydrogen-bond acceptors (Lipinski definition) is 0. The third-order valence-electron chi connectivity index (χ3n) is 6.13. The van der Waals surface area contributed by atoms with Crippen LogP contribution >= 0.6 is 0 Å². The van der Waals surface area contributed by atoms with E-state index in [1.807, 2.05) is 0 Å². The molecular weight excluding hydrogens is 560 g/mol. The first-order valence-corrected chi connectivity index (χ1v) is 12.1. The summed E-state index contributed by atoms with van der Waals surface area (Å²) in [5, 5.41) is 0. The molecular formula is C26H55B2F6Fe2-. The molecule has 0 aromatic rings. The average Bonchev–Trinajstić information content (AvgIpc) is 3.44. The second kappa shape index (κ2) is 42.8. The molecule has 0 aliphatic heterocycles. The zero-order chi connectivity index (χ0) is 21.7. The molecule has 0 amide bonds. The van der Waals surface area contributed by atoms with Gasteiger partial charge in [0.1, 0.15) is 0 Å². The third kappa shape index (κ3) is 47.9. The van der Waals surface area contributed by atoms with Crippen molar-refractivity contribution in [1.29, 1.82) is 0 Å². The van der Waals surface area contributed by atoms with Crippen LogP contribution in [0.1, 0.15) is 122 Å². The summed E-state index contributed by atoms with van der Waals surface area (Å²) in [6.45, 7) is 2.34. The fourth-order valence-electron chi connectivity index (χ4n) is 4.40. The van der Waals surface area contributed by atoms with Crippen LogP contribution in [0.3, 0.4) is 0 Å². The van der Waals surface area contributed by atoms with E-state index in [-0.39, 0.29) is 74.9 Å². The summed E-state index contributed by atoms with van der Waals surface area (Å²) in [6.07, 6.45) is 25.5. The van der Waals surface area contributed by atoms with Gasteiger partial charge in [-0.2, -0.15) is 0 Å². The topological polar surface area (TPSA) is 0 Å². The van der Waals surface area contributed by atoms with Gasteiger partial charge < -0.3 is 34.4 Å². The first kappa shape index (κ1) is 56.8. The minimum atomic E-state index is -3.67. The summed E-state index contributed by atoms with van der Waals surface area (Å²) in [7, 11) is -5.74. The van der Waals surface area contributed by atoms with E-state index in [1.165, 1.54) is 89.9 Å². The molecule has 0 aromatic carbocycles. The van der Waals surface area contributed by atoms with Crippen molar-refractivity contribution in [3.8, 4) is 0 Å². The van der Waals surface area contributed by atoms with Crippen molar-refractivity contribution in [3.63, 3.8) is 0 Å². The summed E-state index contributed by atoms with van der Waals surface area (Å²) in [5.41, 5.74) is 0. The van der Waals surface area contributed by atoms with Crippen LogP contribution in [0, 0.1) is 41.5 Å². The molecule has 36 heavy (non-hydrogen) atoms. The Hall–Kier alpha value is 0.749. The Bertz CT molecular complexity index is 300. The minimum Gasteiger partial charge on any atom is -1.00 e. The molecule has 0 saturated heterocycles. The summed E-state index contributed by atoms with van der Waals surface area (Å²) in [6, 6.07) is 0. The van der Waals surface area contributed by atoms with Crippen LogP contribution < -0.4 is 4.70 Å². The van der Waals surface area contributed by atoms with Gasteiger partial charge in [-0.3, -0.25) is 21.6 Å². The predicted molar refractivity (Wildman–Crippen MR) is 143 cm³/mol. The van der Waals surface area contributed by atoms with E-state index < -0.39 is 14.8 Å². The van der Waals surface area contributed by atoms with Crippen LogP contribution in [-0.2, 0) is 34.1 Å². The van der Waals surface area contributed by atoms with Crippen LogP contribution in [0.2, 0.25) is 6.32 Å². The Labute approximate surface area is 245 Å². The Morgan fingerprint density at radius 1 is 0.500 bits per heavy atom. The Kier molecular flexibility index (Phi) is 67.6. The molecule has 0 aromatic heterocycles. The molecule has 0 heterocycles. The van der Waals surface area contributed by atoms with Crippen molar-refractivity contribution in [1.82, 2.24) is 0 Å². The maximum Gasteiger partial charge on any atom is 2.00 e. The zero-order valence-corrected chi connectivity index (χ0v) is 25.9. The molecule has 0 N–H and O–H groups in total. The van der Waals surface area contributed by atoms with Crippen LogP contribution in [0.15, 0.2) is 0 Å². The Morgan fingerprint density at radius 3 is 0.889 bits per heavy atom. The monoisotopic (exact) mass is 615 g/mol. The van der Waals surface area contributed by atoms with E-state index in [2.05, 4.69) is 6.92 Å². The fourth-order valence-corrected chi connectivity index (χ4v) is 4.40. The molecule has 4 rings (SSSR count). The van der Waals surface area contributed by atoms with Crippen molar-refractivity contribution >= 4 is 14.8 Å². The van der Waals surface area contributed by atoms with E-state index in [4.69, 9.17) is 0 Å². The van der Waals surface area contributed by atoms with Crippen LogP contribution in [-0.4, -0.2) is 14.8 Å². The van der Waals surface area contributed by atoms with Gasteiger partial charge in [0.15, 0.2) is 0 Å². The van der Waals surface area contributed by atoms with E-state index in [0.29, 0.717) is 5.92 Å². The molecule has 0 atom stereocenters. The molecule has 0 bridgehead atoms. The van der Waals surface area contributed by atoms with Crippen molar-refractivity contribution in [2.75, 3.05) is 0 Å². The van der Waals surface area contributed by atoms with Gasteiger partial charge in [-0.05, 0) is 18.2 Å². The number of rotatable bonds is 2. The molecule has 0 radical (unpaired) electrons. The maximum absolute atomic E-state index is 11.7. The zero-order valence-electron chi connectivity index (χ0n) is 23.7. The van der Waals surface area contributed by atoms with Crippen molar-refractivity contribution in [3.05, 3.63) is 29.7 Å². The van der Waals surface area contributed by atoms with Gasteiger partial charge in [0, 0.05) is 0 Å². The van der Waals surface area contributed by atoms with Gasteiger partial charge in [-0.15, -0.1) is 0 Å². The van der Waals surface area contributed by atoms with Crippen molar-refractivity contribution in [2.45, 2.75) is 129 Å². The van der Waals surface area contributed by atoms with E-state index >= 15 is 0 Å². The molecule has 4 aliphatic rings. The standard InChI is InChI=1S/C6H11BF2.C6H12.2C5H10.4CH3.BF3.FH.2Fe/c8-7(9)5-6-3-1-2-4-6;1-6-4-2-3-5-6;2*1-2-4-5-3-1;;;;;2-1(3)4;;;/h6H,1-5H2;6H,2-5H2,1H3;2*1-5H2;4*1H3;;1H;;/q;;;;4*-1;;;2*+2/p-1. The molecule has 4 aliphatic carbocycles. The van der Waals surface area contributed by atoms with Crippen molar-refractivity contribution in [2.24, 2.45) is 11.8 Å². The van der Waals surface area contributed by atoms with Gasteiger partial charge >= 0.3 is 48.9 Å². The summed E-state index contributed by atoms with van der Waals surface area (Å²) >= 11 is 0. The maximum atomic E-state index is 11.7. The second-order valence-corrected chi connectivity index (χ2v) is 8.95. The quantitative estimate of drug-likeness (QED) is 0.167. The summed E-state index contributed by atoms with van der Waals surface area (Å²) in [4.78, 5) is 0. The predicted octanol–water partition coefficient (Wildman–Crippen LogP) is 8.38. The molecule has 4 fully saturated rings. The third-order valence-corrected chi connectivity index (χ3v) is 6.13. The van der Waals surface area contributed by atoms with Gasteiger partial charge in [0.2, 0.25) is 0 Å². The summed E-state index contributed by atoms with van der Waals surface area (Å²) < 4.78 is 52.4. The van der Waals surface area contributed by atoms with E-state index in [9.17, 15) is 21.6 Å². The average molecular weight is 615 g/mol. The molecule has 224 valence electrons. The number of halogens is 6. The van der Waals surface area contributed by atoms with Gasteiger partial charge in [-0.1, -0.05) is 122 Å². The molecule has 0 spiro atoms. The smallest absolute Gasteiger partial charge is 1.00 e. The van der Waals surface area contributed by atoms with Crippen LogP contribution in [0.5, 0.6) is 0 Å². The first-order chi connectivity index (χ1) is 13.9. The van der Waals surface area contributed by atoms with E-state index in [1.54, 1.807) is 0 Å². The largest absolute Gasteiger partial charge is 2.00 e.